The number of hydrogen-bond donors (Lipinski definition) is 2. The van der Waals surface area contributed by atoms with Crippen molar-refractivity contribution < 1.29 is 13.2 Å². The van der Waals surface area contributed by atoms with Gasteiger partial charge in [0, 0.05) is 37.6 Å². The van der Waals surface area contributed by atoms with Crippen LogP contribution in [-0.4, -0.2) is 56.9 Å². The van der Waals surface area contributed by atoms with E-state index in [4.69, 9.17) is 17.0 Å². The Morgan fingerprint density at radius 2 is 1.70 bits per heavy atom. The van der Waals surface area contributed by atoms with Crippen LogP contribution in [0.25, 0.3) is 0 Å². The van der Waals surface area contributed by atoms with Gasteiger partial charge in [0.1, 0.15) is 0 Å². The number of thiocarbonyl (C=S) groups is 1. The summed E-state index contributed by atoms with van der Waals surface area (Å²) in [6.07, 6.45) is 1.70. The van der Waals surface area contributed by atoms with Crippen LogP contribution in [0.2, 0.25) is 0 Å². The van der Waals surface area contributed by atoms with Crippen molar-refractivity contribution in [2.45, 2.75) is 18.4 Å². The number of sulfonamides is 1. The first-order chi connectivity index (χ1) is 18.0. The summed E-state index contributed by atoms with van der Waals surface area (Å²) in [5.41, 5.74) is 6.81. The van der Waals surface area contributed by atoms with Crippen molar-refractivity contribution in [1.29, 1.82) is 0 Å². The van der Waals surface area contributed by atoms with Crippen molar-refractivity contribution in [1.82, 2.24) is 9.73 Å². The average molecular weight is 538 g/mol. The zero-order chi connectivity index (χ0) is 26.1. The maximum Gasteiger partial charge on any atom is 0.243 e. The second-order valence-corrected chi connectivity index (χ2v) is 10.8. The largest absolute Gasteiger partial charge is 0.379 e. The third-order valence-electron chi connectivity index (χ3n) is 5.96. The lowest BCUT2D eigenvalue weighted by atomic mass is 10.1. The molecule has 3 aromatic carbocycles. The van der Waals surface area contributed by atoms with Crippen molar-refractivity contribution >= 4 is 44.9 Å². The predicted octanol–water partition coefficient (Wildman–Crippen LogP) is 4.05. The second-order valence-electron chi connectivity index (χ2n) is 8.46. The molecule has 1 fully saturated rings. The molecule has 0 saturated carbocycles. The summed E-state index contributed by atoms with van der Waals surface area (Å²) in [6.45, 7) is 5.45. The number of hydrogen-bond acceptors (Lipinski definition) is 6. The van der Waals surface area contributed by atoms with Crippen molar-refractivity contribution in [2.75, 3.05) is 43.1 Å². The minimum Gasteiger partial charge on any atom is -0.379 e. The van der Waals surface area contributed by atoms with Crippen LogP contribution >= 0.6 is 12.2 Å². The van der Waals surface area contributed by atoms with Gasteiger partial charge in [-0.15, -0.1) is 0 Å². The Morgan fingerprint density at radius 3 is 2.35 bits per heavy atom. The van der Waals surface area contributed by atoms with Crippen molar-refractivity contribution in [3.63, 3.8) is 0 Å². The number of hydrazone groups is 1. The molecule has 0 spiro atoms. The molecule has 3 aromatic rings. The van der Waals surface area contributed by atoms with Crippen molar-refractivity contribution in [3.8, 4) is 0 Å². The highest BCUT2D eigenvalue weighted by Crippen LogP contribution is 2.20. The van der Waals surface area contributed by atoms with E-state index >= 15 is 0 Å². The summed E-state index contributed by atoms with van der Waals surface area (Å²) >= 11 is 5.31. The molecule has 0 atom stereocenters. The topological polar surface area (TPSA) is 86.3 Å². The van der Waals surface area contributed by atoms with Gasteiger partial charge in [-0.3, -0.25) is 5.43 Å². The normalized spacial score (nSPS) is 14.4. The monoisotopic (exact) mass is 537 g/mol. The van der Waals surface area contributed by atoms with E-state index in [9.17, 15) is 8.42 Å². The fraction of sp³-hybridized carbons (Fsp3) is 0.259. The van der Waals surface area contributed by atoms with Gasteiger partial charge >= 0.3 is 0 Å². The van der Waals surface area contributed by atoms with Crippen molar-refractivity contribution in [2.24, 2.45) is 5.10 Å². The molecule has 0 aliphatic carbocycles. The standard InChI is InChI=1S/C27H31N5O3S2/c1-2-31(21-23-6-4-3-5-7-23)25-12-8-22(9-13-25)20-28-30-27(36)29-24-10-14-26(15-11-24)37(33,34)32-16-18-35-19-17-32/h3-15,20H,2,16-19,21H2,1H3,(H2,29,30,36)/b28-20-. The summed E-state index contributed by atoms with van der Waals surface area (Å²) in [5.74, 6) is 0. The van der Waals surface area contributed by atoms with Crippen LogP contribution in [0.1, 0.15) is 18.1 Å². The van der Waals surface area contributed by atoms with Gasteiger partial charge in [0.25, 0.3) is 0 Å². The van der Waals surface area contributed by atoms with Gasteiger partial charge in [-0.25, -0.2) is 8.42 Å². The molecular weight excluding hydrogens is 506 g/mol. The van der Waals surface area contributed by atoms with E-state index in [2.05, 4.69) is 64.1 Å². The SMILES string of the molecule is CCN(Cc1ccccc1)c1ccc(/C=N\NC(=S)Nc2ccc(S(=O)(=O)N3CCOCC3)cc2)cc1. The summed E-state index contributed by atoms with van der Waals surface area (Å²) in [5, 5.41) is 7.53. The summed E-state index contributed by atoms with van der Waals surface area (Å²) in [7, 11) is -3.53. The predicted molar refractivity (Wildman–Crippen MR) is 153 cm³/mol. The molecule has 0 unspecified atom stereocenters. The minimum atomic E-state index is -3.53. The Morgan fingerprint density at radius 1 is 1.03 bits per heavy atom. The highest BCUT2D eigenvalue weighted by atomic mass is 32.2. The molecule has 2 N–H and O–H groups in total. The Kier molecular flexibility index (Phi) is 9.24. The van der Waals surface area contributed by atoms with Crippen LogP contribution < -0.4 is 15.6 Å². The fourth-order valence-electron chi connectivity index (χ4n) is 3.93. The van der Waals surface area contributed by atoms with E-state index in [1.54, 1.807) is 30.5 Å². The van der Waals surface area contributed by atoms with Crippen LogP contribution in [-0.2, 0) is 21.3 Å². The summed E-state index contributed by atoms with van der Waals surface area (Å²) in [4.78, 5) is 2.55. The van der Waals surface area contributed by atoms with Crippen molar-refractivity contribution in [3.05, 3.63) is 90.0 Å². The fourth-order valence-corrected chi connectivity index (χ4v) is 5.51. The summed E-state index contributed by atoms with van der Waals surface area (Å²) in [6, 6.07) is 25.1. The van der Waals surface area contributed by atoms with E-state index in [1.807, 2.05) is 18.2 Å². The van der Waals surface area contributed by atoms with Gasteiger partial charge in [-0.1, -0.05) is 42.5 Å². The molecule has 0 amide bonds. The van der Waals surface area contributed by atoms with Crippen LogP contribution in [0, 0.1) is 0 Å². The molecule has 1 aliphatic rings. The quantitative estimate of drug-likeness (QED) is 0.242. The first-order valence-corrected chi connectivity index (χ1v) is 14.0. The van der Waals surface area contributed by atoms with Gasteiger partial charge in [0.05, 0.1) is 24.3 Å². The maximum absolute atomic E-state index is 12.7. The molecular formula is C27H31N5O3S2. The van der Waals surface area contributed by atoms with Gasteiger partial charge in [0.15, 0.2) is 5.11 Å². The zero-order valence-corrected chi connectivity index (χ0v) is 22.3. The lowest BCUT2D eigenvalue weighted by molar-refractivity contribution is 0.0730. The number of anilines is 2. The molecule has 194 valence electrons. The second kappa shape index (κ2) is 12.8. The smallest absolute Gasteiger partial charge is 0.243 e. The zero-order valence-electron chi connectivity index (χ0n) is 20.7. The highest BCUT2D eigenvalue weighted by Gasteiger charge is 2.26. The number of rotatable bonds is 9. The molecule has 8 nitrogen and oxygen atoms in total. The van der Waals surface area contributed by atoms with E-state index in [-0.39, 0.29) is 4.90 Å². The third kappa shape index (κ3) is 7.36. The van der Waals surface area contributed by atoms with Gasteiger partial charge in [0.2, 0.25) is 10.0 Å². The highest BCUT2D eigenvalue weighted by molar-refractivity contribution is 7.89. The number of nitrogens with one attached hydrogen (secondary N) is 2. The molecule has 0 radical (unpaired) electrons. The summed E-state index contributed by atoms with van der Waals surface area (Å²) < 4.78 is 32.2. The number of nitrogens with zero attached hydrogens (tertiary/aromatic N) is 3. The van der Waals surface area contributed by atoms with Gasteiger partial charge < -0.3 is 15.0 Å². The first-order valence-electron chi connectivity index (χ1n) is 12.1. The number of ether oxygens (including phenoxy) is 1. The van der Waals surface area contributed by atoms with Gasteiger partial charge in [-0.05, 0) is 66.7 Å². The first kappa shape index (κ1) is 26.7. The Hall–Kier alpha value is -3.31. The molecule has 1 aliphatic heterocycles. The van der Waals surface area contributed by atoms with Crippen LogP contribution in [0.5, 0.6) is 0 Å². The maximum atomic E-state index is 12.7. The Balaban J connectivity index is 1.28. The van der Waals surface area contributed by atoms with Crippen LogP contribution in [0.3, 0.4) is 0 Å². The molecule has 10 heteroatoms. The Labute approximate surface area is 224 Å². The van der Waals surface area contributed by atoms with E-state index in [0.717, 1.165) is 24.3 Å². The molecule has 0 bridgehead atoms. The van der Waals surface area contributed by atoms with Crippen LogP contribution in [0.15, 0.2) is 88.9 Å². The number of morpholine rings is 1. The molecule has 1 saturated heterocycles. The molecule has 4 rings (SSSR count). The van der Waals surface area contributed by atoms with E-state index < -0.39 is 10.0 Å². The third-order valence-corrected chi connectivity index (χ3v) is 8.06. The molecule has 0 aromatic heterocycles. The van der Waals surface area contributed by atoms with Gasteiger partial charge in [-0.2, -0.15) is 9.41 Å². The lowest BCUT2D eigenvalue weighted by Gasteiger charge is -2.26. The lowest BCUT2D eigenvalue weighted by Crippen LogP contribution is -2.40. The average Bonchev–Trinajstić information content (AvgIpc) is 2.93. The number of benzene rings is 3. The van der Waals surface area contributed by atoms with E-state index in [1.165, 1.54) is 9.87 Å². The molecule has 37 heavy (non-hydrogen) atoms. The molecule has 1 heterocycles. The van der Waals surface area contributed by atoms with Crippen LogP contribution in [0.4, 0.5) is 11.4 Å². The Bertz CT molecular complexity index is 1290. The minimum absolute atomic E-state index is 0.241. The van der Waals surface area contributed by atoms with E-state index in [0.29, 0.717) is 37.1 Å².